The summed E-state index contributed by atoms with van der Waals surface area (Å²) in [6.07, 6.45) is 14.0. The fraction of sp³-hybridized carbons (Fsp3) is 1.00. The molecule has 0 amide bonds. The van der Waals surface area contributed by atoms with Crippen LogP contribution in [0.4, 0.5) is 0 Å². The summed E-state index contributed by atoms with van der Waals surface area (Å²) >= 11 is 0. The van der Waals surface area contributed by atoms with Crippen molar-refractivity contribution in [1.29, 1.82) is 0 Å². The molecule has 0 aromatic rings. The summed E-state index contributed by atoms with van der Waals surface area (Å²) in [5.74, 6) is 0.932. The monoisotopic (exact) mass is 225 g/mol. The molecule has 0 spiro atoms. The summed E-state index contributed by atoms with van der Waals surface area (Å²) in [6, 6.07) is 0. The highest BCUT2D eigenvalue weighted by molar-refractivity contribution is 4.85. The predicted octanol–water partition coefficient (Wildman–Crippen LogP) is 4.50. The predicted molar refractivity (Wildman–Crippen MR) is 72.5 cm³/mol. The summed E-state index contributed by atoms with van der Waals surface area (Å²) in [4.78, 5) is 0. The van der Waals surface area contributed by atoms with Crippen LogP contribution in [-0.4, -0.2) is 6.54 Å². The Morgan fingerprint density at radius 1 is 1.12 bits per heavy atom. The average molecular weight is 225 g/mol. The molecular formula is C15H31N. The maximum absolute atomic E-state index is 6.07. The molecule has 1 atom stereocenters. The van der Waals surface area contributed by atoms with Gasteiger partial charge in [-0.3, -0.25) is 0 Å². The van der Waals surface area contributed by atoms with E-state index in [4.69, 9.17) is 5.73 Å². The van der Waals surface area contributed by atoms with E-state index in [1.54, 1.807) is 0 Å². The van der Waals surface area contributed by atoms with Crippen LogP contribution in [0.3, 0.4) is 0 Å². The van der Waals surface area contributed by atoms with Crippen molar-refractivity contribution in [1.82, 2.24) is 0 Å². The van der Waals surface area contributed by atoms with E-state index in [0.717, 1.165) is 12.5 Å². The summed E-state index contributed by atoms with van der Waals surface area (Å²) in [6.45, 7) is 5.58. The summed E-state index contributed by atoms with van der Waals surface area (Å²) in [7, 11) is 0. The van der Waals surface area contributed by atoms with Crippen molar-refractivity contribution in [3.63, 3.8) is 0 Å². The maximum Gasteiger partial charge on any atom is -0.00204 e. The third-order valence-corrected chi connectivity index (χ3v) is 4.61. The average Bonchev–Trinajstić information content (AvgIpc) is 2.35. The van der Waals surface area contributed by atoms with Crippen LogP contribution < -0.4 is 5.73 Å². The number of rotatable bonds is 7. The first kappa shape index (κ1) is 14.0. The van der Waals surface area contributed by atoms with Crippen LogP contribution in [0.15, 0.2) is 0 Å². The zero-order chi connectivity index (χ0) is 11.9. The van der Waals surface area contributed by atoms with Crippen molar-refractivity contribution in [3.05, 3.63) is 0 Å². The zero-order valence-electron chi connectivity index (χ0n) is 11.4. The van der Waals surface area contributed by atoms with Crippen molar-refractivity contribution in [2.24, 2.45) is 17.1 Å². The van der Waals surface area contributed by atoms with Crippen LogP contribution in [0.1, 0.15) is 78.1 Å². The highest BCUT2D eigenvalue weighted by atomic mass is 14.6. The SMILES string of the molecule is CCCCC(CC)CC1(CN)CCCCC1. The maximum atomic E-state index is 6.07. The lowest BCUT2D eigenvalue weighted by molar-refractivity contribution is 0.143. The molecule has 0 heterocycles. The van der Waals surface area contributed by atoms with E-state index in [-0.39, 0.29) is 0 Å². The molecule has 1 unspecified atom stereocenters. The van der Waals surface area contributed by atoms with Crippen LogP contribution in [0.25, 0.3) is 0 Å². The van der Waals surface area contributed by atoms with Crippen LogP contribution in [0.5, 0.6) is 0 Å². The molecule has 1 nitrogen and oxygen atoms in total. The molecule has 1 fully saturated rings. The van der Waals surface area contributed by atoms with Gasteiger partial charge in [-0.25, -0.2) is 0 Å². The van der Waals surface area contributed by atoms with Gasteiger partial charge in [0.05, 0.1) is 0 Å². The molecule has 16 heavy (non-hydrogen) atoms. The minimum Gasteiger partial charge on any atom is -0.330 e. The summed E-state index contributed by atoms with van der Waals surface area (Å²) in [5.41, 5.74) is 6.59. The largest absolute Gasteiger partial charge is 0.330 e. The molecule has 0 radical (unpaired) electrons. The first-order valence-electron chi connectivity index (χ1n) is 7.46. The lowest BCUT2D eigenvalue weighted by Crippen LogP contribution is -2.34. The van der Waals surface area contributed by atoms with Gasteiger partial charge in [-0.1, -0.05) is 58.8 Å². The Hall–Kier alpha value is -0.0400. The van der Waals surface area contributed by atoms with Gasteiger partial charge in [0, 0.05) is 0 Å². The molecule has 1 heteroatoms. The van der Waals surface area contributed by atoms with Gasteiger partial charge in [-0.2, -0.15) is 0 Å². The minimum atomic E-state index is 0.521. The molecule has 1 rings (SSSR count). The van der Waals surface area contributed by atoms with E-state index >= 15 is 0 Å². The van der Waals surface area contributed by atoms with E-state index in [1.807, 2.05) is 0 Å². The lowest BCUT2D eigenvalue weighted by atomic mass is 9.68. The highest BCUT2D eigenvalue weighted by Crippen LogP contribution is 2.42. The molecule has 0 aliphatic heterocycles. The van der Waals surface area contributed by atoms with Gasteiger partial charge in [0.2, 0.25) is 0 Å². The van der Waals surface area contributed by atoms with Gasteiger partial charge >= 0.3 is 0 Å². The third-order valence-electron chi connectivity index (χ3n) is 4.61. The van der Waals surface area contributed by atoms with Crippen molar-refractivity contribution in [2.45, 2.75) is 78.1 Å². The molecule has 1 aliphatic rings. The third kappa shape index (κ3) is 4.08. The topological polar surface area (TPSA) is 26.0 Å². The molecule has 2 N–H and O–H groups in total. The highest BCUT2D eigenvalue weighted by Gasteiger charge is 2.32. The van der Waals surface area contributed by atoms with Crippen molar-refractivity contribution in [2.75, 3.05) is 6.54 Å². The van der Waals surface area contributed by atoms with Crippen LogP contribution in [-0.2, 0) is 0 Å². The fourth-order valence-corrected chi connectivity index (χ4v) is 3.35. The van der Waals surface area contributed by atoms with Gasteiger partial charge in [-0.05, 0) is 37.1 Å². The molecule has 96 valence electrons. The molecule has 0 aromatic heterocycles. The Morgan fingerprint density at radius 2 is 1.81 bits per heavy atom. The Morgan fingerprint density at radius 3 is 2.31 bits per heavy atom. The van der Waals surface area contributed by atoms with Crippen molar-refractivity contribution < 1.29 is 0 Å². The molecule has 1 saturated carbocycles. The zero-order valence-corrected chi connectivity index (χ0v) is 11.4. The number of hydrogen-bond acceptors (Lipinski definition) is 1. The van der Waals surface area contributed by atoms with Crippen molar-refractivity contribution >= 4 is 0 Å². The van der Waals surface area contributed by atoms with Gasteiger partial charge in [-0.15, -0.1) is 0 Å². The second-order valence-electron chi connectivity index (χ2n) is 5.89. The second-order valence-corrected chi connectivity index (χ2v) is 5.89. The summed E-state index contributed by atoms with van der Waals surface area (Å²) in [5, 5.41) is 0. The normalized spacial score (nSPS) is 21.9. The number of hydrogen-bond donors (Lipinski definition) is 1. The van der Waals surface area contributed by atoms with Crippen LogP contribution >= 0.6 is 0 Å². The van der Waals surface area contributed by atoms with Crippen molar-refractivity contribution in [3.8, 4) is 0 Å². The Balaban J connectivity index is 2.45. The van der Waals surface area contributed by atoms with E-state index in [2.05, 4.69) is 13.8 Å². The number of unbranched alkanes of at least 4 members (excludes halogenated alkanes) is 1. The molecule has 0 saturated heterocycles. The van der Waals surface area contributed by atoms with E-state index in [1.165, 1.54) is 64.2 Å². The standard InChI is InChI=1S/C15H31N/c1-3-5-9-14(4-2)12-15(13-16)10-7-6-8-11-15/h14H,3-13,16H2,1-2H3. The van der Waals surface area contributed by atoms with E-state index < -0.39 is 0 Å². The number of nitrogens with two attached hydrogens (primary N) is 1. The Bertz CT molecular complexity index is 170. The molecular weight excluding hydrogens is 194 g/mol. The lowest BCUT2D eigenvalue weighted by Gasteiger charge is -2.39. The van der Waals surface area contributed by atoms with E-state index in [9.17, 15) is 0 Å². The molecule has 0 bridgehead atoms. The summed E-state index contributed by atoms with van der Waals surface area (Å²) < 4.78 is 0. The van der Waals surface area contributed by atoms with Crippen LogP contribution in [0.2, 0.25) is 0 Å². The fourth-order valence-electron chi connectivity index (χ4n) is 3.35. The first-order valence-corrected chi connectivity index (χ1v) is 7.46. The Kier molecular flexibility index (Phi) is 6.41. The first-order chi connectivity index (χ1) is 7.76. The quantitative estimate of drug-likeness (QED) is 0.678. The van der Waals surface area contributed by atoms with Gasteiger partial charge in [0.1, 0.15) is 0 Å². The van der Waals surface area contributed by atoms with Gasteiger partial charge in [0.25, 0.3) is 0 Å². The van der Waals surface area contributed by atoms with Crippen LogP contribution in [0, 0.1) is 11.3 Å². The smallest absolute Gasteiger partial charge is 0.00204 e. The molecule has 1 aliphatic carbocycles. The molecule has 0 aromatic carbocycles. The second kappa shape index (κ2) is 7.32. The van der Waals surface area contributed by atoms with Gasteiger partial charge < -0.3 is 5.73 Å². The van der Waals surface area contributed by atoms with Gasteiger partial charge in [0.15, 0.2) is 0 Å². The van der Waals surface area contributed by atoms with E-state index in [0.29, 0.717) is 5.41 Å². The Labute approximate surface area is 102 Å². The minimum absolute atomic E-state index is 0.521.